The van der Waals surface area contributed by atoms with Crippen LogP contribution in [0, 0.1) is 0 Å². The van der Waals surface area contributed by atoms with Crippen molar-refractivity contribution < 1.29 is 14.6 Å². The van der Waals surface area contributed by atoms with Crippen molar-refractivity contribution >= 4 is 23.3 Å². The number of methoxy groups -OCH3 is 1. The number of nitrogens with one attached hydrogen (secondary N) is 1. The van der Waals surface area contributed by atoms with Crippen molar-refractivity contribution in [1.82, 2.24) is 24.6 Å². The zero-order chi connectivity index (χ0) is 23.1. The van der Waals surface area contributed by atoms with Gasteiger partial charge in [0, 0.05) is 50.7 Å². The predicted octanol–water partition coefficient (Wildman–Crippen LogP) is 2.18. The van der Waals surface area contributed by atoms with Crippen LogP contribution < -0.4 is 15.0 Å². The molecule has 0 saturated carbocycles. The normalized spacial score (nSPS) is 15.7. The number of nitrogens with zero attached hydrogens (tertiary/aromatic N) is 6. The van der Waals surface area contributed by atoms with E-state index < -0.39 is 5.97 Å². The molecule has 0 radical (unpaired) electrons. The number of aromatic carboxylic acids is 1. The molecule has 2 aliphatic rings. The SMILES string of the molecule is COc1ccc(N2CCN(C)CC2)cc1Nc1ncc2c(n1)-c1c(c(C(=O)O)nn1C)CC2. The topological polar surface area (TPSA) is 109 Å². The first-order valence-corrected chi connectivity index (χ1v) is 11.0. The maximum absolute atomic E-state index is 11.6. The van der Waals surface area contributed by atoms with Gasteiger partial charge in [0.05, 0.1) is 24.2 Å². The third-order valence-electron chi connectivity index (χ3n) is 6.38. The lowest BCUT2D eigenvalue weighted by atomic mass is 9.93. The number of rotatable bonds is 5. The average Bonchev–Trinajstić information content (AvgIpc) is 3.17. The summed E-state index contributed by atoms with van der Waals surface area (Å²) in [5.74, 6) is 0.102. The van der Waals surface area contributed by atoms with Gasteiger partial charge in [-0.25, -0.2) is 14.8 Å². The fourth-order valence-electron chi connectivity index (χ4n) is 4.56. The van der Waals surface area contributed by atoms with Gasteiger partial charge in [0.25, 0.3) is 0 Å². The van der Waals surface area contributed by atoms with Crippen LogP contribution in [0.2, 0.25) is 0 Å². The van der Waals surface area contributed by atoms with Crippen LogP contribution in [0.1, 0.15) is 21.6 Å². The van der Waals surface area contributed by atoms with Crippen LogP contribution in [-0.2, 0) is 19.9 Å². The molecule has 1 aliphatic carbocycles. The van der Waals surface area contributed by atoms with Gasteiger partial charge in [-0.1, -0.05) is 0 Å². The first-order chi connectivity index (χ1) is 15.9. The number of fused-ring (bicyclic) bond motifs is 3. The smallest absolute Gasteiger partial charge is 0.356 e. The lowest BCUT2D eigenvalue weighted by Gasteiger charge is -2.34. The highest BCUT2D eigenvalue weighted by Gasteiger charge is 2.28. The van der Waals surface area contributed by atoms with Gasteiger partial charge in [0.15, 0.2) is 5.69 Å². The molecule has 10 nitrogen and oxygen atoms in total. The van der Waals surface area contributed by atoms with Crippen LogP contribution >= 0.6 is 0 Å². The van der Waals surface area contributed by atoms with Crippen LogP contribution in [0.4, 0.5) is 17.3 Å². The number of anilines is 3. The summed E-state index contributed by atoms with van der Waals surface area (Å²) < 4.78 is 7.17. The van der Waals surface area contributed by atoms with Crippen LogP contribution in [0.15, 0.2) is 24.4 Å². The summed E-state index contributed by atoms with van der Waals surface area (Å²) in [5.41, 5.74) is 5.13. The monoisotopic (exact) mass is 449 g/mol. The number of hydrogen-bond donors (Lipinski definition) is 2. The second kappa shape index (κ2) is 8.36. The Hall–Kier alpha value is -3.66. The van der Waals surface area contributed by atoms with Crippen molar-refractivity contribution in [3.05, 3.63) is 41.2 Å². The Morgan fingerprint density at radius 2 is 1.94 bits per heavy atom. The second-order valence-corrected chi connectivity index (χ2v) is 8.47. The Balaban J connectivity index is 1.48. The van der Waals surface area contributed by atoms with Crippen molar-refractivity contribution in [3.8, 4) is 17.1 Å². The molecule has 2 aromatic heterocycles. The summed E-state index contributed by atoms with van der Waals surface area (Å²) in [6, 6.07) is 6.08. The molecule has 172 valence electrons. The fraction of sp³-hybridized carbons (Fsp3) is 0.391. The number of piperazine rings is 1. The van der Waals surface area contributed by atoms with Crippen LogP contribution in [0.25, 0.3) is 11.4 Å². The van der Waals surface area contributed by atoms with E-state index in [1.54, 1.807) is 25.0 Å². The molecule has 1 aromatic carbocycles. The second-order valence-electron chi connectivity index (χ2n) is 8.47. The van der Waals surface area contributed by atoms with Crippen molar-refractivity contribution in [3.63, 3.8) is 0 Å². The molecule has 1 saturated heterocycles. The van der Waals surface area contributed by atoms with Gasteiger partial charge >= 0.3 is 5.97 Å². The zero-order valence-electron chi connectivity index (χ0n) is 19.0. The lowest BCUT2D eigenvalue weighted by Crippen LogP contribution is -2.44. The Bertz CT molecular complexity index is 1220. The largest absolute Gasteiger partial charge is 0.495 e. The van der Waals surface area contributed by atoms with Crippen molar-refractivity contribution in [1.29, 1.82) is 0 Å². The molecule has 3 aromatic rings. The molecule has 1 aliphatic heterocycles. The van der Waals surface area contributed by atoms with E-state index in [1.165, 1.54) is 0 Å². The molecule has 0 amide bonds. The van der Waals surface area contributed by atoms with Crippen LogP contribution in [0.5, 0.6) is 5.75 Å². The molecule has 33 heavy (non-hydrogen) atoms. The number of aromatic nitrogens is 4. The highest BCUT2D eigenvalue weighted by Crippen LogP contribution is 2.36. The molecule has 0 unspecified atom stereocenters. The number of hydrogen-bond acceptors (Lipinski definition) is 8. The molecule has 2 N–H and O–H groups in total. The summed E-state index contributed by atoms with van der Waals surface area (Å²) in [6.07, 6.45) is 3.09. The van der Waals surface area contributed by atoms with Gasteiger partial charge in [-0.15, -0.1) is 0 Å². The average molecular weight is 450 g/mol. The van der Waals surface area contributed by atoms with E-state index in [9.17, 15) is 9.90 Å². The van der Waals surface area contributed by atoms with E-state index in [0.29, 0.717) is 30.2 Å². The molecule has 1 fully saturated rings. The highest BCUT2D eigenvalue weighted by molar-refractivity contribution is 5.90. The molecule has 0 atom stereocenters. The van der Waals surface area contributed by atoms with E-state index >= 15 is 0 Å². The Labute approximate surface area is 191 Å². The lowest BCUT2D eigenvalue weighted by molar-refractivity contribution is 0.0688. The molecule has 10 heteroatoms. The maximum atomic E-state index is 11.6. The first kappa shape index (κ1) is 21.2. The van der Waals surface area contributed by atoms with E-state index in [-0.39, 0.29) is 5.69 Å². The van der Waals surface area contributed by atoms with Crippen molar-refractivity contribution in [2.45, 2.75) is 12.8 Å². The van der Waals surface area contributed by atoms with Gasteiger partial charge in [0.2, 0.25) is 5.95 Å². The van der Waals surface area contributed by atoms with Gasteiger partial charge in [-0.05, 0) is 43.7 Å². The summed E-state index contributed by atoms with van der Waals surface area (Å²) in [7, 11) is 5.52. The number of carbonyl (C=O) groups is 1. The summed E-state index contributed by atoms with van der Waals surface area (Å²) >= 11 is 0. The number of carboxylic acid groups (broad SMARTS) is 1. The number of likely N-dealkylation sites (N-methyl/N-ethyl adjacent to an activating group) is 1. The predicted molar refractivity (Wildman–Crippen MR) is 125 cm³/mol. The summed E-state index contributed by atoms with van der Waals surface area (Å²) in [5, 5.41) is 17.0. The highest BCUT2D eigenvalue weighted by atomic mass is 16.5. The maximum Gasteiger partial charge on any atom is 0.356 e. The number of ether oxygens (including phenoxy) is 1. The minimum absolute atomic E-state index is 0.0906. The van der Waals surface area contributed by atoms with Gasteiger partial charge in [-0.3, -0.25) is 4.68 Å². The number of benzene rings is 1. The summed E-state index contributed by atoms with van der Waals surface area (Å²) in [4.78, 5) is 25.6. The minimum Gasteiger partial charge on any atom is -0.495 e. The Morgan fingerprint density at radius 3 is 2.67 bits per heavy atom. The Kier molecular flexibility index (Phi) is 5.37. The molecule has 0 bridgehead atoms. The zero-order valence-corrected chi connectivity index (χ0v) is 19.0. The number of carboxylic acids is 1. The molecule has 3 heterocycles. The van der Waals surface area contributed by atoms with Crippen molar-refractivity contribution in [2.75, 3.05) is 50.6 Å². The van der Waals surface area contributed by atoms with Crippen LogP contribution in [0.3, 0.4) is 0 Å². The Morgan fingerprint density at radius 1 is 1.15 bits per heavy atom. The van der Waals surface area contributed by atoms with Gasteiger partial charge in [0.1, 0.15) is 5.75 Å². The molecular weight excluding hydrogens is 422 g/mol. The van der Waals surface area contributed by atoms with Crippen molar-refractivity contribution in [2.24, 2.45) is 7.05 Å². The van der Waals surface area contributed by atoms with E-state index in [0.717, 1.165) is 54.4 Å². The quantitative estimate of drug-likeness (QED) is 0.606. The van der Waals surface area contributed by atoms with E-state index in [1.807, 2.05) is 6.07 Å². The molecular formula is C23H27N7O3. The van der Waals surface area contributed by atoms with Gasteiger partial charge in [-0.2, -0.15) is 5.10 Å². The first-order valence-electron chi connectivity index (χ1n) is 11.0. The van der Waals surface area contributed by atoms with E-state index in [4.69, 9.17) is 9.72 Å². The molecule has 5 rings (SSSR count). The fourth-order valence-corrected chi connectivity index (χ4v) is 4.56. The molecule has 0 spiro atoms. The third kappa shape index (κ3) is 3.86. The van der Waals surface area contributed by atoms with Gasteiger partial charge < -0.3 is 25.0 Å². The third-order valence-corrected chi connectivity index (χ3v) is 6.38. The number of aryl methyl sites for hydroxylation is 2. The summed E-state index contributed by atoms with van der Waals surface area (Å²) in [6.45, 7) is 3.97. The minimum atomic E-state index is -1.02. The van der Waals surface area contributed by atoms with Crippen LogP contribution in [-0.4, -0.2) is 76.1 Å². The standard InChI is InChI=1S/C23H27N7O3/c1-28-8-10-30(11-9-28)15-5-7-18(33-3)17(12-15)25-23-24-13-14-4-6-16-20(22(31)32)27-29(2)21(16)19(14)26-23/h5,7,12-13H,4,6,8-11H2,1-3H3,(H,31,32)(H,24,25,26). The van der Waals surface area contributed by atoms with E-state index in [2.05, 4.69) is 44.4 Å².